The van der Waals surface area contributed by atoms with Gasteiger partial charge in [-0.1, -0.05) is 12.8 Å². The molecule has 1 aromatic rings. The Morgan fingerprint density at radius 3 is 2.81 bits per heavy atom. The van der Waals surface area contributed by atoms with Crippen molar-refractivity contribution < 1.29 is 0 Å². The first-order chi connectivity index (χ1) is 7.54. The lowest BCUT2D eigenvalue weighted by Crippen LogP contribution is -2.35. The van der Waals surface area contributed by atoms with E-state index < -0.39 is 0 Å². The second-order valence-corrected chi connectivity index (χ2v) is 5.59. The average molecular weight is 221 g/mol. The number of rotatable bonds is 5. The van der Waals surface area contributed by atoms with Crippen LogP contribution in [-0.4, -0.2) is 16.6 Å². The molecule has 16 heavy (non-hydrogen) atoms. The fourth-order valence-corrected chi connectivity index (χ4v) is 2.22. The van der Waals surface area contributed by atoms with Gasteiger partial charge in [-0.2, -0.15) is 0 Å². The van der Waals surface area contributed by atoms with Crippen LogP contribution in [0.25, 0.3) is 0 Å². The minimum absolute atomic E-state index is 0.00564. The molecule has 1 saturated carbocycles. The van der Waals surface area contributed by atoms with E-state index >= 15 is 0 Å². The molecule has 2 rings (SSSR count). The van der Waals surface area contributed by atoms with E-state index in [2.05, 4.69) is 35.6 Å². The summed E-state index contributed by atoms with van der Waals surface area (Å²) < 4.78 is 2.33. The van der Waals surface area contributed by atoms with Crippen molar-refractivity contribution in [1.82, 2.24) is 14.9 Å². The molecule has 90 valence electrons. The highest BCUT2D eigenvalue weighted by Gasteiger charge is 2.28. The Morgan fingerprint density at radius 2 is 2.25 bits per heavy atom. The molecule has 1 unspecified atom stereocenters. The maximum absolute atomic E-state index is 4.31. The summed E-state index contributed by atoms with van der Waals surface area (Å²) in [7, 11) is 2.00. The van der Waals surface area contributed by atoms with Crippen molar-refractivity contribution in [3.05, 3.63) is 18.2 Å². The topological polar surface area (TPSA) is 29.9 Å². The molecule has 1 fully saturated rings. The van der Waals surface area contributed by atoms with E-state index in [1.807, 2.05) is 19.6 Å². The maximum atomic E-state index is 4.31. The predicted molar refractivity (Wildman–Crippen MR) is 66.4 cm³/mol. The average Bonchev–Trinajstić information content (AvgIpc) is 2.91. The lowest BCUT2D eigenvalue weighted by Gasteiger charge is -2.28. The second-order valence-electron chi connectivity index (χ2n) is 5.59. The highest BCUT2D eigenvalue weighted by molar-refractivity contribution is 5.12. The van der Waals surface area contributed by atoms with Gasteiger partial charge in [0.05, 0.1) is 23.8 Å². The highest BCUT2D eigenvalue weighted by atomic mass is 15.1. The number of nitrogens with zero attached hydrogens (tertiary/aromatic N) is 2. The predicted octanol–water partition coefficient (Wildman–Crippen LogP) is 2.70. The molecule has 0 bridgehead atoms. The summed E-state index contributed by atoms with van der Waals surface area (Å²) in [6, 6.07) is 0.567. The molecule has 0 aliphatic heterocycles. The van der Waals surface area contributed by atoms with Crippen molar-refractivity contribution in [1.29, 1.82) is 0 Å². The first kappa shape index (κ1) is 11.6. The molecule has 0 saturated heterocycles. The van der Waals surface area contributed by atoms with Crippen LogP contribution in [0.5, 0.6) is 0 Å². The van der Waals surface area contributed by atoms with Gasteiger partial charge >= 0.3 is 0 Å². The fraction of sp³-hybridized carbons (Fsp3) is 0.769. The Morgan fingerprint density at radius 1 is 1.56 bits per heavy atom. The molecule has 1 atom stereocenters. The molecule has 1 aromatic heterocycles. The SMILES string of the molecule is CNC(C)(C)c1cncn1C(C)CC1CC1. The quantitative estimate of drug-likeness (QED) is 0.828. The molecule has 1 heterocycles. The van der Waals surface area contributed by atoms with Crippen LogP contribution in [-0.2, 0) is 5.54 Å². The lowest BCUT2D eigenvalue weighted by molar-refractivity contribution is 0.376. The second kappa shape index (κ2) is 4.21. The van der Waals surface area contributed by atoms with Crippen molar-refractivity contribution in [2.45, 2.75) is 51.6 Å². The molecule has 1 aliphatic rings. The largest absolute Gasteiger partial charge is 0.330 e. The van der Waals surface area contributed by atoms with Gasteiger partial charge in [0.1, 0.15) is 0 Å². The van der Waals surface area contributed by atoms with Crippen molar-refractivity contribution >= 4 is 0 Å². The summed E-state index contributed by atoms with van der Waals surface area (Å²) in [6.45, 7) is 6.70. The van der Waals surface area contributed by atoms with Gasteiger partial charge in [0.25, 0.3) is 0 Å². The van der Waals surface area contributed by atoms with Crippen LogP contribution >= 0.6 is 0 Å². The molecule has 3 nitrogen and oxygen atoms in total. The maximum Gasteiger partial charge on any atom is 0.0951 e. The third-order valence-corrected chi connectivity index (χ3v) is 3.78. The zero-order valence-corrected chi connectivity index (χ0v) is 10.8. The summed E-state index contributed by atoms with van der Waals surface area (Å²) in [6.07, 6.45) is 8.10. The molecule has 0 aromatic carbocycles. The van der Waals surface area contributed by atoms with Crippen LogP contribution in [0.15, 0.2) is 12.5 Å². The molecule has 1 aliphatic carbocycles. The number of hydrogen-bond donors (Lipinski definition) is 1. The molecule has 0 radical (unpaired) electrons. The summed E-state index contributed by atoms with van der Waals surface area (Å²) in [5, 5.41) is 3.35. The fourth-order valence-electron chi connectivity index (χ4n) is 2.22. The van der Waals surface area contributed by atoms with E-state index in [9.17, 15) is 0 Å². The van der Waals surface area contributed by atoms with Crippen LogP contribution in [0.3, 0.4) is 0 Å². The van der Waals surface area contributed by atoms with Gasteiger partial charge in [0, 0.05) is 6.04 Å². The molecule has 0 spiro atoms. The number of nitrogens with one attached hydrogen (secondary N) is 1. The summed E-state index contributed by atoms with van der Waals surface area (Å²) in [4.78, 5) is 4.31. The van der Waals surface area contributed by atoms with E-state index in [0.29, 0.717) is 6.04 Å². The van der Waals surface area contributed by atoms with E-state index in [0.717, 1.165) is 5.92 Å². The molecular formula is C13H23N3. The van der Waals surface area contributed by atoms with Crippen molar-refractivity contribution in [3.8, 4) is 0 Å². The van der Waals surface area contributed by atoms with Crippen molar-refractivity contribution in [3.63, 3.8) is 0 Å². The Hall–Kier alpha value is -0.830. The Bertz CT molecular complexity index is 350. The van der Waals surface area contributed by atoms with E-state index in [1.54, 1.807) is 0 Å². The van der Waals surface area contributed by atoms with Gasteiger partial charge in [0.2, 0.25) is 0 Å². The third kappa shape index (κ3) is 2.29. The van der Waals surface area contributed by atoms with Gasteiger partial charge < -0.3 is 9.88 Å². The zero-order chi connectivity index (χ0) is 11.8. The normalized spacial score (nSPS) is 18.8. The lowest BCUT2D eigenvalue weighted by atomic mass is 10.0. The van der Waals surface area contributed by atoms with Crippen LogP contribution < -0.4 is 5.32 Å². The minimum Gasteiger partial charge on any atom is -0.330 e. The van der Waals surface area contributed by atoms with Crippen LogP contribution in [0.4, 0.5) is 0 Å². The van der Waals surface area contributed by atoms with E-state index in [4.69, 9.17) is 0 Å². The number of aromatic nitrogens is 2. The van der Waals surface area contributed by atoms with Crippen molar-refractivity contribution in [2.75, 3.05) is 7.05 Å². The van der Waals surface area contributed by atoms with E-state index in [-0.39, 0.29) is 5.54 Å². The summed E-state index contributed by atoms with van der Waals surface area (Å²) >= 11 is 0. The smallest absolute Gasteiger partial charge is 0.0951 e. The Kier molecular flexibility index (Phi) is 3.06. The summed E-state index contributed by atoms with van der Waals surface area (Å²) in [5.74, 6) is 0.961. The number of hydrogen-bond acceptors (Lipinski definition) is 2. The molecule has 1 N–H and O–H groups in total. The van der Waals surface area contributed by atoms with Gasteiger partial charge in [0.15, 0.2) is 0 Å². The third-order valence-electron chi connectivity index (χ3n) is 3.78. The van der Waals surface area contributed by atoms with Crippen LogP contribution in [0.2, 0.25) is 0 Å². The Balaban J connectivity index is 2.16. The highest BCUT2D eigenvalue weighted by Crippen LogP contribution is 2.37. The van der Waals surface area contributed by atoms with Crippen LogP contribution in [0, 0.1) is 5.92 Å². The minimum atomic E-state index is -0.00564. The first-order valence-electron chi connectivity index (χ1n) is 6.26. The molecule has 3 heteroatoms. The summed E-state index contributed by atoms with van der Waals surface area (Å²) in [5.41, 5.74) is 1.28. The molecule has 0 amide bonds. The molecular weight excluding hydrogens is 198 g/mol. The van der Waals surface area contributed by atoms with Gasteiger partial charge in [-0.25, -0.2) is 4.98 Å². The van der Waals surface area contributed by atoms with Gasteiger partial charge in [-0.05, 0) is 40.2 Å². The van der Waals surface area contributed by atoms with Gasteiger partial charge in [-0.15, -0.1) is 0 Å². The zero-order valence-electron chi connectivity index (χ0n) is 10.8. The monoisotopic (exact) mass is 221 g/mol. The van der Waals surface area contributed by atoms with E-state index in [1.165, 1.54) is 25.0 Å². The van der Waals surface area contributed by atoms with Crippen molar-refractivity contribution in [2.24, 2.45) is 5.92 Å². The van der Waals surface area contributed by atoms with Gasteiger partial charge in [-0.3, -0.25) is 0 Å². The standard InChI is InChI=1S/C13H23N3/c1-10(7-11-5-6-11)16-9-15-8-12(16)13(2,3)14-4/h8-11,14H,5-7H2,1-4H3. The Labute approximate surface area is 98.3 Å². The number of imidazole rings is 1. The first-order valence-corrected chi connectivity index (χ1v) is 6.26. The van der Waals surface area contributed by atoms with Crippen LogP contribution in [0.1, 0.15) is 51.8 Å².